The zero-order chi connectivity index (χ0) is 30.4. The van der Waals surface area contributed by atoms with E-state index in [1.54, 1.807) is 12.1 Å². The van der Waals surface area contributed by atoms with E-state index in [0.29, 0.717) is 45.5 Å². The molecule has 0 spiro atoms. The minimum absolute atomic E-state index is 0.00743. The number of hydrogen-bond donors (Lipinski definition) is 2. The first-order chi connectivity index (χ1) is 20.9. The average molecular weight is 619 g/mol. The van der Waals surface area contributed by atoms with E-state index < -0.39 is 5.97 Å². The number of benzene rings is 4. The normalized spacial score (nSPS) is 10.8. The number of rotatable bonds is 16. The van der Waals surface area contributed by atoms with Crippen molar-refractivity contribution in [1.29, 1.82) is 0 Å². The summed E-state index contributed by atoms with van der Waals surface area (Å²) in [5.74, 6) is -0.511. The van der Waals surface area contributed by atoms with E-state index >= 15 is 0 Å². The van der Waals surface area contributed by atoms with Gasteiger partial charge in [0.25, 0.3) is 5.91 Å². The van der Waals surface area contributed by atoms with Crippen LogP contribution in [0.1, 0.15) is 60.9 Å². The van der Waals surface area contributed by atoms with Crippen LogP contribution in [0.25, 0.3) is 22.3 Å². The molecule has 0 heterocycles. The molecule has 2 N–H and O–H groups in total. The second kappa shape index (κ2) is 16.7. The van der Waals surface area contributed by atoms with Crippen LogP contribution >= 0.6 is 23.2 Å². The molecular formula is C36H37Cl2NO4. The zero-order valence-corrected chi connectivity index (χ0v) is 25.7. The van der Waals surface area contributed by atoms with Crippen molar-refractivity contribution < 1.29 is 19.4 Å². The number of carboxylic acids is 1. The van der Waals surface area contributed by atoms with Gasteiger partial charge in [-0.1, -0.05) is 97.1 Å². The van der Waals surface area contributed by atoms with E-state index in [-0.39, 0.29) is 18.9 Å². The number of carbonyl (C=O) groups is 2. The minimum atomic E-state index is -0.882. The summed E-state index contributed by atoms with van der Waals surface area (Å²) in [7, 11) is 0. The maximum atomic E-state index is 13.4. The van der Waals surface area contributed by atoms with E-state index in [4.69, 9.17) is 33.0 Å². The molecule has 0 fully saturated rings. The standard InChI is InChI=1S/C36H37Cl2NO4/c37-30-17-9-15-27(22-30)32-24-29(36(42)39-20-8-3-1-2-5-12-26-13-6-4-7-14-26)25-33(28-16-10-18-31(38)23-28)35(32)43-21-11-19-34(40)41/h4,6-7,9-10,13-18,22-25H,1-3,5,8,11-12,19-21H2,(H,39,42)(H,40,41). The molecule has 0 saturated carbocycles. The summed E-state index contributed by atoms with van der Waals surface area (Å²) in [5.41, 5.74) is 4.83. The fourth-order valence-corrected chi connectivity index (χ4v) is 5.37. The molecule has 4 aromatic rings. The summed E-state index contributed by atoms with van der Waals surface area (Å²) in [6.45, 7) is 0.786. The lowest BCUT2D eigenvalue weighted by Crippen LogP contribution is -2.24. The predicted octanol–water partition coefficient (Wildman–Crippen LogP) is 9.49. The van der Waals surface area contributed by atoms with Crippen molar-refractivity contribution in [3.05, 3.63) is 112 Å². The summed E-state index contributed by atoms with van der Waals surface area (Å²) >= 11 is 12.7. The Kier molecular flexibility index (Phi) is 12.5. The first-order valence-electron chi connectivity index (χ1n) is 14.8. The molecule has 0 atom stereocenters. The number of amides is 1. The fourth-order valence-electron chi connectivity index (χ4n) is 4.99. The van der Waals surface area contributed by atoms with Crippen molar-refractivity contribution in [1.82, 2.24) is 5.32 Å². The summed E-state index contributed by atoms with van der Waals surface area (Å²) in [6.07, 6.45) is 6.86. The first-order valence-corrected chi connectivity index (χ1v) is 15.5. The van der Waals surface area contributed by atoms with Crippen LogP contribution in [0.15, 0.2) is 91.0 Å². The van der Waals surface area contributed by atoms with E-state index in [2.05, 4.69) is 29.6 Å². The third kappa shape index (κ3) is 10.2. The van der Waals surface area contributed by atoms with Gasteiger partial charge in [0.1, 0.15) is 5.75 Å². The van der Waals surface area contributed by atoms with Crippen molar-refractivity contribution in [2.75, 3.05) is 13.2 Å². The quantitative estimate of drug-likeness (QED) is 0.123. The molecule has 0 unspecified atom stereocenters. The molecule has 224 valence electrons. The van der Waals surface area contributed by atoms with Crippen LogP contribution in [0.5, 0.6) is 5.75 Å². The van der Waals surface area contributed by atoms with Gasteiger partial charge in [-0.2, -0.15) is 0 Å². The number of carbonyl (C=O) groups excluding carboxylic acids is 1. The lowest BCUT2D eigenvalue weighted by Gasteiger charge is -2.19. The maximum absolute atomic E-state index is 13.4. The van der Waals surface area contributed by atoms with Gasteiger partial charge < -0.3 is 15.2 Å². The van der Waals surface area contributed by atoms with Gasteiger partial charge in [-0.15, -0.1) is 0 Å². The second-order valence-corrected chi connectivity index (χ2v) is 11.4. The van der Waals surface area contributed by atoms with Crippen LogP contribution in [-0.2, 0) is 11.2 Å². The highest BCUT2D eigenvalue weighted by molar-refractivity contribution is 6.31. The Bertz CT molecular complexity index is 1440. The monoisotopic (exact) mass is 617 g/mol. The fraction of sp³-hybridized carbons (Fsp3) is 0.278. The molecule has 4 aromatic carbocycles. The lowest BCUT2D eigenvalue weighted by atomic mass is 9.94. The van der Waals surface area contributed by atoms with E-state index in [9.17, 15) is 9.59 Å². The molecule has 0 aliphatic carbocycles. The van der Waals surface area contributed by atoms with Crippen molar-refractivity contribution >= 4 is 35.1 Å². The maximum Gasteiger partial charge on any atom is 0.303 e. The van der Waals surface area contributed by atoms with Crippen LogP contribution in [0.3, 0.4) is 0 Å². The third-order valence-electron chi connectivity index (χ3n) is 7.17. The predicted molar refractivity (Wildman–Crippen MR) is 175 cm³/mol. The molecular weight excluding hydrogens is 581 g/mol. The van der Waals surface area contributed by atoms with Gasteiger partial charge in [0.2, 0.25) is 0 Å². The van der Waals surface area contributed by atoms with E-state index in [1.165, 1.54) is 18.4 Å². The van der Waals surface area contributed by atoms with Crippen molar-refractivity contribution in [3.8, 4) is 28.0 Å². The largest absolute Gasteiger partial charge is 0.492 e. The molecule has 4 rings (SSSR count). The molecule has 1 amide bonds. The Hall–Kier alpha value is -3.80. The topological polar surface area (TPSA) is 75.6 Å². The van der Waals surface area contributed by atoms with Gasteiger partial charge in [0.15, 0.2) is 0 Å². The highest BCUT2D eigenvalue weighted by Crippen LogP contribution is 2.41. The van der Waals surface area contributed by atoms with Gasteiger partial charge in [0.05, 0.1) is 6.61 Å². The third-order valence-corrected chi connectivity index (χ3v) is 7.64. The Morgan fingerprint density at radius 1 is 0.698 bits per heavy atom. The molecule has 5 nitrogen and oxygen atoms in total. The Morgan fingerprint density at radius 3 is 1.91 bits per heavy atom. The smallest absolute Gasteiger partial charge is 0.303 e. The van der Waals surface area contributed by atoms with Crippen molar-refractivity contribution in [3.63, 3.8) is 0 Å². The Balaban J connectivity index is 1.49. The summed E-state index contributed by atoms with van der Waals surface area (Å²) in [4.78, 5) is 24.5. The molecule has 0 aliphatic rings. The summed E-state index contributed by atoms with van der Waals surface area (Å²) in [5, 5.41) is 13.3. The van der Waals surface area contributed by atoms with Crippen LogP contribution in [0, 0.1) is 0 Å². The highest BCUT2D eigenvalue weighted by atomic mass is 35.5. The van der Waals surface area contributed by atoms with E-state index in [1.807, 2.05) is 54.6 Å². The van der Waals surface area contributed by atoms with E-state index in [0.717, 1.165) is 36.8 Å². The van der Waals surface area contributed by atoms with Gasteiger partial charge in [-0.3, -0.25) is 9.59 Å². The lowest BCUT2D eigenvalue weighted by molar-refractivity contribution is -0.137. The highest BCUT2D eigenvalue weighted by Gasteiger charge is 2.19. The molecule has 0 aliphatic heterocycles. The number of aliphatic carboxylic acids is 1. The molecule has 0 radical (unpaired) electrons. The summed E-state index contributed by atoms with van der Waals surface area (Å²) in [6, 6.07) is 28.9. The molecule has 0 saturated heterocycles. The van der Waals surface area contributed by atoms with Crippen molar-refractivity contribution in [2.45, 2.75) is 51.4 Å². The Labute approximate surface area is 263 Å². The van der Waals surface area contributed by atoms with Crippen LogP contribution in [0.2, 0.25) is 10.0 Å². The molecule has 43 heavy (non-hydrogen) atoms. The number of carboxylic acid groups (broad SMARTS) is 1. The Morgan fingerprint density at radius 2 is 1.30 bits per heavy atom. The summed E-state index contributed by atoms with van der Waals surface area (Å²) < 4.78 is 6.23. The second-order valence-electron chi connectivity index (χ2n) is 10.5. The number of ether oxygens (including phenoxy) is 1. The van der Waals surface area contributed by atoms with Gasteiger partial charge in [-0.05, 0) is 78.8 Å². The van der Waals surface area contributed by atoms with Gasteiger partial charge in [-0.25, -0.2) is 0 Å². The first kappa shape index (κ1) is 32.1. The number of halogens is 2. The van der Waals surface area contributed by atoms with Crippen molar-refractivity contribution in [2.24, 2.45) is 0 Å². The number of unbranched alkanes of at least 4 members (excludes halogenated alkanes) is 4. The average Bonchev–Trinajstić information content (AvgIpc) is 3.00. The minimum Gasteiger partial charge on any atom is -0.492 e. The van der Waals surface area contributed by atoms with Crippen LogP contribution in [-0.4, -0.2) is 30.1 Å². The number of aryl methyl sites for hydroxylation is 1. The van der Waals surface area contributed by atoms with Crippen LogP contribution in [0.4, 0.5) is 0 Å². The van der Waals surface area contributed by atoms with Gasteiger partial charge in [0, 0.05) is 39.7 Å². The van der Waals surface area contributed by atoms with Crippen LogP contribution < -0.4 is 10.1 Å². The van der Waals surface area contributed by atoms with Gasteiger partial charge >= 0.3 is 5.97 Å². The zero-order valence-electron chi connectivity index (χ0n) is 24.2. The molecule has 0 bridgehead atoms. The number of hydrogen-bond acceptors (Lipinski definition) is 3. The number of nitrogens with one attached hydrogen (secondary N) is 1. The molecule has 7 heteroatoms. The molecule has 0 aromatic heterocycles. The SMILES string of the molecule is O=C(O)CCCOc1c(-c2cccc(Cl)c2)cc(C(=O)NCCCCCCCc2ccccc2)cc1-c1cccc(Cl)c1.